The van der Waals surface area contributed by atoms with Gasteiger partial charge in [0.15, 0.2) is 0 Å². The number of hydrogen-bond donors (Lipinski definition) is 2. The number of rotatable bonds is 6. The Labute approximate surface area is 133 Å². The third-order valence-electron chi connectivity index (χ3n) is 3.71. The minimum absolute atomic E-state index is 0.232. The highest BCUT2D eigenvalue weighted by atomic mass is 32.2. The predicted molar refractivity (Wildman–Crippen MR) is 81.6 cm³/mol. The molecule has 0 spiro atoms. The summed E-state index contributed by atoms with van der Waals surface area (Å²) in [5.41, 5.74) is -0.232. The quantitative estimate of drug-likeness (QED) is 0.732. The lowest BCUT2D eigenvalue weighted by molar-refractivity contribution is -0.185. The maximum atomic E-state index is 10.8. The van der Waals surface area contributed by atoms with E-state index in [4.69, 9.17) is 24.1 Å². The number of carbonyl (C=O) groups is 1. The lowest BCUT2D eigenvalue weighted by atomic mass is 9.98. The molecule has 0 bridgehead atoms. The topological polar surface area (TPSA) is 98.6 Å². The number of hydrogen-bond acceptors (Lipinski definition) is 7. The van der Waals surface area contributed by atoms with Gasteiger partial charge in [0.2, 0.25) is 0 Å². The molecular formula is C13H22N2O6S. The number of methoxy groups -OCH3 is 3. The number of aliphatic imine (C=N–C) groups is 1. The van der Waals surface area contributed by atoms with Crippen molar-refractivity contribution in [2.75, 3.05) is 27.9 Å². The van der Waals surface area contributed by atoms with Gasteiger partial charge in [-0.05, 0) is 6.92 Å². The van der Waals surface area contributed by atoms with Crippen LogP contribution in [0.15, 0.2) is 4.99 Å². The smallest absolute Gasteiger partial charge is 0.405 e. The Hall–Kier alpha value is -0.870. The highest BCUT2D eigenvalue weighted by molar-refractivity contribution is 8.14. The van der Waals surface area contributed by atoms with Crippen LogP contribution in [0.5, 0.6) is 0 Å². The van der Waals surface area contributed by atoms with Crippen LogP contribution in [0.25, 0.3) is 0 Å². The van der Waals surface area contributed by atoms with Gasteiger partial charge in [-0.3, -0.25) is 4.99 Å². The summed E-state index contributed by atoms with van der Waals surface area (Å²) in [4.78, 5) is 15.4. The molecule has 9 heteroatoms. The van der Waals surface area contributed by atoms with Gasteiger partial charge in [-0.1, -0.05) is 11.8 Å². The van der Waals surface area contributed by atoms with Crippen LogP contribution >= 0.6 is 11.8 Å². The van der Waals surface area contributed by atoms with E-state index in [1.165, 1.54) is 11.8 Å². The summed E-state index contributed by atoms with van der Waals surface area (Å²) < 4.78 is 22.3. The molecule has 0 aliphatic carbocycles. The lowest BCUT2D eigenvalue weighted by Crippen LogP contribution is -2.57. The van der Waals surface area contributed by atoms with Crippen molar-refractivity contribution in [2.45, 2.75) is 42.8 Å². The van der Waals surface area contributed by atoms with E-state index in [1.54, 1.807) is 28.3 Å². The third kappa shape index (κ3) is 3.54. The summed E-state index contributed by atoms with van der Waals surface area (Å²) >= 11 is 1.42. The SMILES string of the molecule is COC[C@H]1O[C@@H]2SC(C(C)NC(=O)O)=N[C@@H]2[C@@H](OC)[C@@H]1OC. The second kappa shape index (κ2) is 7.60. The molecule has 6 atom stereocenters. The van der Waals surface area contributed by atoms with Gasteiger partial charge in [-0.15, -0.1) is 0 Å². The van der Waals surface area contributed by atoms with Gasteiger partial charge in [0.1, 0.15) is 29.8 Å². The third-order valence-corrected chi connectivity index (χ3v) is 5.04. The highest BCUT2D eigenvalue weighted by Crippen LogP contribution is 2.39. The molecule has 0 saturated carbocycles. The predicted octanol–water partition coefficient (Wildman–Crippen LogP) is 0.558. The van der Waals surface area contributed by atoms with Crippen molar-refractivity contribution in [3.63, 3.8) is 0 Å². The highest BCUT2D eigenvalue weighted by Gasteiger charge is 2.50. The first-order chi connectivity index (χ1) is 10.5. The molecule has 8 nitrogen and oxygen atoms in total. The van der Waals surface area contributed by atoms with Crippen LogP contribution in [0.2, 0.25) is 0 Å². The van der Waals surface area contributed by atoms with E-state index in [1.807, 2.05) is 0 Å². The van der Waals surface area contributed by atoms with E-state index < -0.39 is 12.1 Å². The normalized spacial score (nSPS) is 35.6. The van der Waals surface area contributed by atoms with Gasteiger partial charge < -0.3 is 29.4 Å². The average molecular weight is 334 g/mol. The summed E-state index contributed by atoms with van der Waals surface area (Å²) in [6.45, 7) is 2.14. The zero-order valence-electron chi connectivity index (χ0n) is 13.0. The van der Waals surface area contributed by atoms with Gasteiger partial charge in [-0.25, -0.2) is 4.79 Å². The fourth-order valence-corrected chi connectivity index (χ4v) is 3.97. The number of amides is 1. The van der Waals surface area contributed by atoms with Gasteiger partial charge >= 0.3 is 6.09 Å². The van der Waals surface area contributed by atoms with E-state index in [0.717, 1.165) is 0 Å². The second-order valence-corrected chi connectivity index (χ2v) is 6.26. The van der Waals surface area contributed by atoms with Gasteiger partial charge in [0.25, 0.3) is 0 Å². The minimum Gasteiger partial charge on any atom is -0.465 e. The van der Waals surface area contributed by atoms with Crippen LogP contribution in [-0.4, -0.2) is 80.0 Å². The van der Waals surface area contributed by atoms with Gasteiger partial charge in [0, 0.05) is 21.3 Å². The fraction of sp³-hybridized carbons (Fsp3) is 0.846. The molecule has 1 amide bonds. The van der Waals surface area contributed by atoms with E-state index in [0.29, 0.717) is 11.7 Å². The van der Waals surface area contributed by atoms with Crippen LogP contribution in [0.1, 0.15) is 6.92 Å². The van der Waals surface area contributed by atoms with Crippen LogP contribution in [0, 0.1) is 0 Å². The molecule has 0 aromatic heterocycles. The summed E-state index contributed by atoms with van der Waals surface area (Å²) in [6.07, 6.45) is -1.91. The molecule has 126 valence electrons. The Morgan fingerprint density at radius 3 is 2.64 bits per heavy atom. The molecule has 2 aliphatic heterocycles. The molecule has 2 rings (SSSR count). The van der Waals surface area contributed by atoms with E-state index in [9.17, 15) is 4.79 Å². The first kappa shape index (κ1) is 17.5. The molecule has 2 N–H and O–H groups in total. The zero-order valence-corrected chi connectivity index (χ0v) is 13.8. The molecule has 1 unspecified atom stereocenters. The summed E-state index contributed by atoms with van der Waals surface area (Å²) in [7, 11) is 4.82. The number of fused-ring (bicyclic) bond motifs is 1. The Balaban J connectivity index is 2.15. The zero-order chi connectivity index (χ0) is 16.3. The maximum Gasteiger partial charge on any atom is 0.405 e. The van der Waals surface area contributed by atoms with E-state index >= 15 is 0 Å². The van der Waals surface area contributed by atoms with Crippen molar-refractivity contribution in [1.29, 1.82) is 0 Å². The largest absolute Gasteiger partial charge is 0.465 e. The van der Waals surface area contributed by atoms with Crippen molar-refractivity contribution >= 4 is 22.9 Å². The molecule has 0 aromatic rings. The van der Waals surface area contributed by atoms with Crippen LogP contribution in [-0.2, 0) is 18.9 Å². The first-order valence-electron chi connectivity index (χ1n) is 6.95. The number of carboxylic acid groups (broad SMARTS) is 1. The number of ether oxygens (including phenoxy) is 4. The molecule has 2 aliphatic rings. The van der Waals surface area contributed by atoms with Crippen LogP contribution in [0.3, 0.4) is 0 Å². The van der Waals surface area contributed by atoms with Crippen molar-refractivity contribution < 1.29 is 28.8 Å². The Morgan fingerprint density at radius 2 is 2.09 bits per heavy atom. The summed E-state index contributed by atoms with van der Waals surface area (Å²) in [5.74, 6) is 0. The van der Waals surface area contributed by atoms with Crippen molar-refractivity contribution in [3.05, 3.63) is 0 Å². The van der Waals surface area contributed by atoms with Crippen LogP contribution in [0.4, 0.5) is 4.79 Å². The number of thioether (sulfide) groups is 1. The standard InChI is InChI=1S/C13H22N2O6S/c1-6(14-13(16)17)11-15-8-10(20-4)9(19-3)7(5-18-2)21-12(8)22-11/h6-10,12,14H,5H2,1-4H3,(H,16,17)/t6?,7-,8-,9-,10-,12-/m1/s1. The number of nitrogens with one attached hydrogen (secondary N) is 1. The molecule has 0 aromatic carbocycles. The molecule has 0 radical (unpaired) electrons. The first-order valence-corrected chi connectivity index (χ1v) is 7.83. The Kier molecular flexibility index (Phi) is 6.04. The van der Waals surface area contributed by atoms with Crippen molar-refractivity contribution in [1.82, 2.24) is 5.32 Å². The Bertz CT molecular complexity index is 435. The van der Waals surface area contributed by atoms with E-state index in [-0.39, 0.29) is 29.8 Å². The fourth-order valence-electron chi connectivity index (χ4n) is 2.74. The van der Waals surface area contributed by atoms with Crippen LogP contribution < -0.4 is 5.32 Å². The summed E-state index contributed by atoms with van der Waals surface area (Å²) in [6, 6.07) is -0.628. The number of nitrogens with zero attached hydrogens (tertiary/aromatic N) is 1. The average Bonchev–Trinajstić information content (AvgIpc) is 2.89. The van der Waals surface area contributed by atoms with Gasteiger partial charge in [-0.2, -0.15) is 0 Å². The van der Waals surface area contributed by atoms with Crippen molar-refractivity contribution in [2.24, 2.45) is 4.99 Å². The summed E-state index contributed by atoms with van der Waals surface area (Å²) in [5, 5.41) is 11.9. The molecular weight excluding hydrogens is 312 g/mol. The molecule has 1 saturated heterocycles. The Morgan fingerprint density at radius 1 is 1.41 bits per heavy atom. The lowest BCUT2D eigenvalue weighted by Gasteiger charge is -2.41. The van der Waals surface area contributed by atoms with Gasteiger partial charge in [0.05, 0.1) is 17.7 Å². The molecule has 1 fully saturated rings. The van der Waals surface area contributed by atoms with E-state index in [2.05, 4.69) is 10.3 Å². The molecule has 2 heterocycles. The molecule has 22 heavy (non-hydrogen) atoms. The minimum atomic E-state index is -1.08. The van der Waals surface area contributed by atoms with Crippen molar-refractivity contribution in [3.8, 4) is 0 Å². The monoisotopic (exact) mass is 334 g/mol. The second-order valence-electron chi connectivity index (χ2n) is 5.15. The maximum absolute atomic E-state index is 10.8.